The average Bonchev–Trinajstić information content (AvgIpc) is 2.58. The Labute approximate surface area is 99.0 Å². The SMILES string of the molecule is CC1CCC2C(C)C(=O)CC3C(C12)C3(C)C. The lowest BCUT2D eigenvalue weighted by Crippen LogP contribution is -2.26. The molecule has 3 aliphatic rings. The minimum Gasteiger partial charge on any atom is -0.299 e. The zero-order chi connectivity index (χ0) is 11.7. The normalized spacial score (nSPS) is 54.1. The van der Waals surface area contributed by atoms with Gasteiger partial charge < -0.3 is 0 Å². The number of fused-ring (bicyclic) bond motifs is 3. The van der Waals surface area contributed by atoms with Crippen molar-refractivity contribution in [2.45, 2.75) is 47.0 Å². The van der Waals surface area contributed by atoms with E-state index in [1.165, 1.54) is 12.8 Å². The third kappa shape index (κ3) is 1.21. The number of ketones is 1. The summed E-state index contributed by atoms with van der Waals surface area (Å²) in [4.78, 5) is 12.2. The van der Waals surface area contributed by atoms with Crippen molar-refractivity contribution in [2.24, 2.45) is 40.9 Å². The molecule has 0 radical (unpaired) electrons. The number of carbonyl (C=O) groups is 1. The first kappa shape index (κ1) is 10.8. The summed E-state index contributed by atoms with van der Waals surface area (Å²) < 4.78 is 0. The van der Waals surface area contributed by atoms with Gasteiger partial charge in [-0.25, -0.2) is 0 Å². The van der Waals surface area contributed by atoms with Gasteiger partial charge in [-0.05, 0) is 41.4 Å². The van der Waals surface area contributed by atoms with Crippen LogP contribution >= 0.6 is 0 Å². The van der Waals surface area contributed by atoms with E-state index in [2.05, 4.69) is 27.7 Å². The van der Waals surface area contributed by atoms with Crippen LogP contribution in [0.15, 0.2) is 0 Å². The zero-order valence-corrected chi connectivity index (χ0v) is 11.0. The number of hydrogen-bond acceptors (Lipinski definition) is 1. The highest BCUT2D eigenvalue weighted by atomic mass is 16.1. The monoisotopic (exact) mass is 220 g/mol. The first-order chi connectivity index (χ1) is 7.44. The maximum absolute atomic E-state index is 12.2. The van der Waals surface area contributed by atoms with Crippen molar-refractivity contribution < 1.29 is 4.79 Å². The van der Waals surface area contributed by atoms with E-state index in [1.54, 1.807) is 0 Å². The Kier molecular flexibility index (Phi) is 2.10. The van der Waals surface area contributed by atoms with Crippen LogP contribution in [0.4, 0.5) is 0 Å². The van der Waals surface area contributed by atoms with Crippen LogP contribution in [-0.2, 0) is 4.79 Å². The maximum Gasteiger partial charge on any atom is 0.136 e. The van der Waals surface area contributed by atoms with Crippen molar-refractivity contribution >= 4 is 5.78 Å². The van der Waals surface area contributed by atoms with Gasteiger partial charge in [-0.15, -0.1) is 0 Å². The van der Waals surface area contributed by atoms with Crippen LogP contribution in [0.5, 0.6) is 0 Å². The summed E-state index contributed by atoms with van der Waals surface area (Å²) >= 11 is 0. The molecular formula is C15H24O. The van der Waals surface area contributed by atoms with Crippen molar-refractivity contribution in [1.82, 2.24) is 0 Å². The smallest absolute Gasteiger partial charge is 0.136 e. The molecule has 6 atom stereocenters. The quantitative estimate of drug-likeness (QED) is 0.610. The van der Waals surface area contributed by atoms with Crippen molar-refractivity contribution in [3.05, 3.63) is 0 Å². The lowest BCUT2D eigenvalue weighted by atomic mass is 9.77. The Hall–Kier alpha value is -0.330. The van der Waals surface area contributed by atoms with Crippen molar-refractivity contribution in [3.8, 4) is 0 Å². The molecule has 6 unspecified atom stereocenters. The van der Waals surface area contributed by atoms with Gasteiger partial charge in [0.05, 0.1) is 0 Å². The fourth-order valence-electron chi connectivity index (χ4n) is 5.05. The van der Waals surface area contributed by atoms with Gasteiger partial charge in [0.2, 0.25) is 0 Å². The van der Waals surface area contributed by atoms with Crippen LogP contribution in [0.2, 0.25) is 0 Å². The molecule has 3 aliphatic carbocycles. The second-order valence-corrected chi connectivity index (χ2v) is 7.21. The van der Waals surface area contributed by atoms with Crippen molar-refractivity contribution in [1.29, 1.82) is 0 Å². The Morgan fingerprint density at radius 1 is 1.19 bits per heavy atom. The Morgan fingerprint density at radius 2 is 1.88 bits per heavy atom. The molecule has 0 heterocycles. The third-order valence-electron chi connectivity index (χ3n) is 6.23. The molecule has 0 aliphatic heterocycles. The minimum absolute atomic E-state index is 0.346. The second-order valence-electron chi connectivity index (χ2n) is 7.21. The molecule has 16 heavy (non-hydrogen) atoms. The summed E-state index contributed by atoms with van der Waals surface area (Å²) in [6.07, 6.45) is 3.53. The molecule has 0 aromatic carbocycles. The van der Waals surface area contributed by atoms with Crippen LogP contribution < -0.4 is 0 Å². The predicted octanol–water partition coefficient (Wildman–Crippen LogP) is 3.53. The highest BCUT2D eigenvalue weighted by Gasteiger charge is 2.66. The van der Waals surface area contributed by atoms with E-state index >= 15 is 0 Å². The van der Waals surface area contributed by atoms with Crippen LogP contribution in [0.3, 0.4) is 0 Å². The molecule has 0 spiro atoms. The van der Waals surface area contributed by atoms with Gasteiger partial charge in [0.1, 0.15) is 5.78 Å². The molecular weight excluding hydrogens is 196 g/mol. The topological polar surface area (TPSA) is 17.1 Å². The maximum atomic E-state index is 12.2. The van der Waals surface area contributed by atoms with E-state index < -0.39 is 0 Å². The summed E-state index contributed by atoms with van der Waals surface area (Å²) in [5.74, 6) is 4.87. The van der Waals surface area contributed by atoms with E-state index in [0.717, 1.165) is 24.2 Å². The van der Waals surface area contributed by atoms with E-state index in [1.807, 2.05) is 0 Å². The molecule has 0 aromatic heterocycles. The van der Waals surface area contributed by atoms with E-state index in [0.29, 0.717) is 29.0 Å². The first-order valence-corrected chi connectivity index (χ1v) is 6.97. The molecule has 0 bridgehead atoms. The summed E-state index contributed by atoms with van der Waals surface area (Å²) in [6.45, 7) is 9.37. The highest BCUT2D eigenvalue weighted by Crippen LogP contribution is 2.70. The average molecular weight is 220 g/mol. The minimum atomic E-state index is 0.346. The van der Waals surface area contributed by atoms with Gasteiger partial charge in [0.25, 0.3) is 0 Å². The van der Waals surface area contributed by atoms with Gasteiger partial charge >= 0.3 is 0 Å². The molecule has 3 fully saturated rings. The van der Waals surface area contributed by atoms with Crippen molar-refractivity contribution in [3.63, 3.8) is 0 Å². The van der Waals surface area contributed by atoms with E-state index in [-0.39, 0.29) is 0 Å². The fourth-order valence-corrected chi connectivity index (χ4v) is 5.05. The molecule has 3 rings (SSSR count). The zero-order valence-electron chi connectivity index (χ0n) is 11.0. The molecule has 1 heteroatoms. The number of Topliss-reactive ketones (excluding diaryl/α,β-unsaturated/α-hetero) is 1. The Morgan fingerprint density at radius 3 is 2.56 bits per heavy atom. The van der Waals surface area contributed by atoms with Crippen LogP contribution in [-0.4, -0.2) is 5.78 Å². The number of carbonyl (C=O) groups excluding carboxylic acids is 1. The predicted molar refractivity (Wildman–Crippen MR) is 64.9 cm³/mol. The summed E-state index contributed by atoms with van der Waals surface area (Å²) in [7, 11) is 0. The Balaban J connectivity index is 1.96. The standard InChI is InChI=1S/C15H24O/c1-8-5-6-10-9(2)12(16)7-11-14(13(8)10)15(11,3)4/h8-11,13-14H,5-7H2,1-4H3. The third-order valence-corrected chi connectivity index (χ3v) is 6.23. The molecule has 3 saturated carbocycles. The van der Waals surface area contributed by atoms with E-state index in [9.17, 15) is 4.79 Å². The molecule has 0 aromatic rings. The van der Waals surface area contributed by atoms with Gasteiger partial charge in [-0.3, -0.25) is 4.79 Å². The fraction of sp³-hybridized carbons (Fsp3) is 0.933. The number of hydrogen-bond donors (Lipinski definition) is 0. The summed E-state index contributed by atoms with van der Waals surface area (Å²) in [5.41, 5.74) is 0.456. The van der Waals surface area contributed by atoms with Crippen molar-refractivity contribution in [2.75, 3.05) is 0 Å². The highest BCUT2D eigenvalue weighted by molar-refractivity contribution is 5.82. The molecule has 0 saturated heterocycles. The second kappa shape index (κ2) is 3.11. The molecule has 90 valence electrons. The van der Waals surface area contributed by atoms with Gasteiger partial charge in [0.15, 0.2) is 0 Å². The molecule has 1 nitrogen and oxygen atoms in total. The largest absolute Gasteiger partial charge is 0.299 e. The van der Waals surface area contributed by atoms with Gasteiger partial charge in [0, 0.05) is 12.3 Å². The van der Waals surface area contributed by atoms with Crippen LogP contribution in [0, 0.1) is 40.9 Å². The summed E-state index contributed by atoms with van der Waals surface area (Å²) in [6, 6.07) is 0. The lowest BCUT2D eigenvalue weighted by Gasteiger charge is -2.27. The van der Waals surface area contributed by atoms with E-state index in [4.69, 9.17) is 0 Å². The van der Waals surface area contributed by atoms with Crippen LogP contribution in [0.1, 0.15) is 47.0 Å². The molecule has 0 N–H and O–H groups in total. The molecule has 0 amide bonds. The first-order valence-electron chi connectivity index (χ1n) is 6.97. The van der Waals surface area contributed by atoms with Gasteiger partial charge in [-0.1, -0.05) is 34.1 Å². The lowest BCUT2D eigenvalue weighted by molar-refractivity contribution is -0.124. The number of rotatable bonds is 0. The van der Waals surface area contributed by atoms with Gasteiger partial charge in [-0.2, -0.15) is 0 Å². The van der Waals surface area contributed by atoms with Crippen LogP contribution in [0.25, 0.3) is 0 Å². The Bertz CT molecular complexity index is 330. The summed E-state index contributed by atoms with van der Waals surface area (Å²) in [5, 5.41) is 0.